The van der Waals surface area contributed by atoms with Crippen LogP contribution in [0.1, 0.15) is 21.5 Å². The van der Waals surface area contributed by atoms with E-state index in [0.717, 1.165) is 0 Å². The van der Waals surface area contributed by atoms with E-state index in [1.807, 2.05) is 6.07 Å². The number of hydrogen-bond donors (Lipinski definition) is 0. The predicted octanol–water partition coefficient (Wildman–Crippen LogP) is 2.89. The standard InChI is InChI=1S/C10H7BrClNO2/c1-15-10(14)8-6(4-11)2-3-7(5-13)9(8)12/h2-3H,4H2,1H3. The summed E-state index contributed by atoms with van der Waals surface area (Å²) in [4.78, 5) is 11.4. The molecule has 78 valence electrons. The van der Waals surface area contributed by atoms with E-state index >= 15 is 0 Å². The lowest BCUT2D eigenvalue weighted by Crippen LogP contribution is -2.06. The van der Waals surface area contributed by atoms with E-state index in [-0.39, 0.29) is 16.1 Å². The lowest BCUT2D eigenvalue weighted by atomic mass is 10.1. The molecule has 0 atom stereocenters. The van der Waals surface area contributed by atoms with Crippen molar-refractivity contribution in [2.24, 2.45) is 0 Å². The number of carbonyl (C=O) groups excluding carboxylic acids is 1. The minimum absolute atomic E-state index is 0.140. The van der Waals surface area contributed by atoms with Crippen LogP contribution in [0.2, 0.25) is 5.02 Å². The summed E-state index contributed by atoms with van der Waals surface area (Å²) >= 11 is 9.16. The number of methoxy groups -OCH3 is 1. The Kier molecular flexibility index (Phi) is 4.13. The molecule has 1 aromatic rings. The normalized spacial score (nSPS) is 9.47. The molecule has 1 rings (SSSR count). The van der Waals surface area contributed by atoms with E-state index in [2.05, 4.69) is 20.7 Å². The van der Waals surface area contributed by atoms with Gasteiger partial charge in [0.2, 0.25) is 0 Å². The Labute approximate surface area is 101 Å². The lowest BCUT2D eigenvalue weighted by Gasteiger charge is -2.08. The topological polar surface area (TPSA) is 50.1 Å². The summed E-state index contributed by atoms with van der Waals surface area (Å²) in [6.45, 7) is 0. The molecule has 0 saturated heterocycles. The van der Waals surface area contributed by atoms with Crippen LogP contribution in [0.15, 0.2) is 12.1 Å². The first kappa shape index (κ1) is 12.0. The Bertz CT molecular complexity index is 440. The van der Waals surface area contributed by atoms with Crippen LogP contribution in [-0.2, 0) is 10.1 Å². The highest BCUT2D eigenvalue weighted by Gasteiger charge is 2.18. The van der Waals surface area contributed by atoms with Gasteiger partial charge in [-0.1, -0.05) is 33.6 Å². The molecule has 0 aromatic heterocycles. The van der Waals surface area contributed by atoms with Crippen LogP contribution in [0.3, 0.4) is 0 Å². The van der Waals surface area contributed by atoms with Gasteiger partial charge in [0, 0.05) is 5.33 Å². The smallest absolute Gasteiger partial charge is 0.339 e. The third kappa shape index (κ3) is 2.31. The summed E-state index contributed by atoms with van der Waals surface area (Å²) in [5, 5.41) is 9.38. The van der Waals surface area contributed by atoms with Crippen LogP contribution >= 0.6 is 27.5 Å². The zero-order valence-corrected chi connectivity index (χ0v) is 10.2. The number of ether oxygens (including phenoxy) is 1. The van der Waals surface area contributed by atoms with E-state index in [1.165, 1.54) is 7.11 Å². The van der Waals surface area contributed by atoms with Crippen LogP contribution in [0, 0.1) is 11.3 Å². The van der Waals surface area contributed by atoms with Gasteiger partial charge in [0.25, 0.3) is 0 Å². The summed E-state index contributed by atoms with van der Waals surface area (Å²) in [6, 6.07) is 5.16. The average Bonchev–Trinajstić information content (AvgIpc) is 2.27. The molecule has 0 amide bonds. The van der Waals surface area contributed by atoms with Crippen molar-refractivity contribution in [3.8, 4) is 6.07 Å². The van der Waals surface area contributed by atoms with Crippen LogP contribution in [0.4, 0.5) is 0 Å². The van der Waals surface area contributed by atoms with Crippen molar-refractivity contribution in [3.63, 3.8) is 0 Å². The second kappa shape index (κ2) is 5.15. The predicted molar refractivity (Wildman–Crippen MR) is 60.1 cm³/mol. The summed E-state index contributed by atoms with van der Waals surface area (Å²) in [6.07, 6.45) is 0. The third-order valence-corrected chi connectivity index (χ3v) is 2.88. The quantitative estimate of drug-likeness (QED) is 0.621. The fourth-order valence-corrected chi connectivity index (χ4v) is 1.91. The number of alkyl halides is 1. The number of benzene rings is 1. The van der Waals surface area contributed by atoms with E-state index < -0.39 is 5.97 Å². The number of esters is 1. The number of hydrogen-bond acceptors (Lipinski definition) is 3. The number of carbonyl (C=O) groups is 1. The van der Waals surface area contributed by atoms with Crippen molar-refractivity contribution < 1.29 is 9.53 Å². The molecule has 0 aliphatic heterocycles. The number of rotatable bonds is 2. The number of nitrogens with zero attached hydrogens (tertiary/aromatic N) is 1. The van der Waals surface area contributed by atoms with Crippen LogP contribution in [0.5, 0.6) is 0 Å². The second-order valence-electron chi connectivity index (χ2n) is 2.70. The lowest BCUT2D eigenvalue weighted by molar-refractivity contribution is 0.0600. The molecular formula is C10H7BrClNO2. The Morgan fingerprint density at radius 3 is 2.80 bits per heavy atom. The van der Waals surface area contributed by atoms with Crippen molar-refractivity contribution in [2.45, 2.75) is 5.33 Å². The Balaban J connectivity index is 3.44. The van der Waals surface area contributed by atoms with Crippen molar-refractivity contribution in [1.29, 1.82) is 5.26 Å². The molecule has 5 heteroatoms. The molecule has 0 aliphatic rings. The van der Waals surface area contributed by atoms with Crippen molar-refractivity contribution in [1.82, 2.24) is 0 Å². The van der Waals surface area contributed by atoms with Gasteiger partial charge >= 0.3 is 5.97 Å². The molecule has 0 heterocycles. The number of halogens is 2. The molecule has 0 saturated carbocycles. The summed E-state index contributed by atoms with van der Waals surface area (Å²) in [5.41, 5.74) is 1.21. The van der Waals surface area contributed by atoms with Gasteiger partial charge in [0.15, 0.2) is 0 Å². The molecule has 0 radical (unpaired) electrons. The highest BCUT2D eigenvalue weighted by atomic mass is 79.9. The second-order valence-corrected chi connectivity index (χ2v) is 3.64. The fourth-order valence-electron chi connectivity index (χ4n) is 1.14. The maximum absolute atomic E-state index is 11.4. The molecule has 1 aromatic carbocycles. The molecular weight excluding hydrogens is 281 g/mol. The first-order valence-electron chi connectivity index (χ1n) is 4.01. The molecule has 0 aliphatic carbocycles. The van der Waals surface area contributed by atoms with Gasteiger partial charge in [-0.05, 0) is 11.6 Å². The van der Waals surface area contributed by atoms with E-state index in [0.29, 0.717) is 10.9 Å². The SMILES string of the molecule is COC(=O)c1c(CBr)ccc(C#N)c1Cl. The Morgan fingerprint density at radius 1 is 1.67 bits per heavy atom. The molecule has 15 heavy (non-hydrogen) atoms. The summed E-state index contributed by atoms with van der Waals surface area (Å²) in [7, 11) is 1.27. The van der Waals surface area contributed by atoms with E-state index in [1.54, 1.807) is 12.1 Å². The van der Waals surface area contributed by atoms with Gasteiger partial charge in [-0.15, -0.1) is 0 Å². The van der Waals surface area contributed by atoms with Crippen LogP contribution in [0.25, 0.3) is 0 Å². The first-order valence-corrected chi connectivity index (χ1v) is 5.51. The Morgan fingerprint density at radius 2 is 2.33 bits per heavy atom. The summed E-state index contributed by atoms with van der Waals surface area (Å²) in [5.74, 6) is -0.536. The van der Waals surface area contributed by atoms with Crippen molar-refractivity contribution in [2.75, 3.05) is 7.11 Å². The van der Waals surface area contributed by atoms with Gasteiger partial charge in [0.05, 0.1) is 23.3 Å². The monoisotopic (exact) mass is 287 g/mol. The van der Waals surface area contributed by atoms with Gasteiger partial charge in [-0.2, -0.15) is 5.26 Å². The highest BCUT2D eigenvalue weighted by Crippen LogP contribution is 2.26. The molecule has 0 unspecified atom stereocenters. The van der Waals surface area contributed by atoms with Crippen molar-refractivity contribution in [3.05, 3.63) is 33.8 Å². The Hall–Kier alpha value is -1.05. The third-order valence-electron chi connectivity index (χ3n) is 1.88. The minimum Gasteiger partial charge on any atom is -0.465 e. The van der Waals surface area contributed by atoms with Gasteiger partial charge in [0.1, 0.15) is 6.07 Å². The zero-order valence-electron chi connectivity index (χ0n) is 7.88. The zero-order chi connectivity index (χ0) is 11.4. The van der Waals surface area contributed by atoms with Crippen LogP contribution < -0.4 is 0 Å². The molecule has 0 fully saturated rings. The summed E-state index contributed by atoms with van der Waals surface area (Å²) < 4.78 is 4.61. The molecule has 0 spiro atoms. The average molecular weight is 289 g/mol. The molecule has 3 nitrogen and oxygen atoms in total. The molecule has 0 bridgehead atoms. The maximum Gasteiger partial charge on any atom is 0.339 e. The fraction of sp³-hybridized carbons (Fsp3) is 0.200. The van der Waals surface area contributed by atoms with Crippen molar-refractivity contribution >= 4 is 33.5 Å². The van der Waals surface area contributed by atoms with Gasteiger partial charge in [-0.25, -0.2) is 4.79 Å². The van der Waals surface area contributed by atoms with E-state index in [9.17, 15) is 4.79 Å². The number of nitriles is 1. The first-order chi connectivity index (χ1) is 7.15. The van der Waals surface area contributed by atoms with E-state index in [4.69, 9.17) is 16.9 Å². The largest absolute Gasteiger partial charge is 0.465 e. The van der Waals surface area contributed by atoms with Crippen LogP contribution in [-0.4, -0.2) is 13.1 Å². The van der Waals surface area contributed by atoms with Gasteiger partial charge in [-0.3, -0.25) is 0 Å². The molecule has 0 N–H and O–H groups in total. The maximum atomic E-state index is 11.4. The minimum atomic E-state index is -0.536. The highest BCUT2D eigenvalue weighted by molar-refractivity contribution is 9.08. The van der Waals surface area contributed by atoms with Gasteiger partial charge < -0.3 is 4.74 Å².